The van der Waals surface area contributed by atoms with E-state index in [1.165, 1.54) is 57.8 Å². The minimum Gasteiger partial charge on any atom is -0.480 e. The van der Waals surface area contributed by atoms with E-state index in [0.29, 0.717) is 12.0 Å². The maximum Gasteiger partial charge on any atom is 0.320 e. The highest BCUT2D eigenvalue weighted by molar-refractivity contribution is 5.74. The van der Waals surface area contributed by atoms with Gasteiger partial charge < -0.3 is 5.11 Å². The number of carboxylic acids is 1. The van der Waals surface area contributed by atoms with Gasteiger partial charge in [-0.15, -0.1) is 0 Å². The molecule has 0 spiro atoms. The van der Waals surface area contributed by atoms with E-state index in [1.807, 2.05) is 0 Å². The second-order valence-corrected chi connectivity index (χ2v) is 6.90. The molecule has 3 aliphatic rings. The summed E-state index contributed by atoms with van der Waals surface area (Å²) in [6, 6.07) is 0.395. The third kappa shape index (κ3) is 2.81. The molecule has 19 heavy (non-hydrogen) atoms. The van der Waals surface area contributed by atoms with Gasteiger partial charge in [-0.1, -0.05) is 32.1 Å². The first-order valence-corrected chi connectivity index (χ1v) is 8.24. The molecule has 3 fully saturated rings. The standard InChI is InChI=1S/C16H27NO2/c18-16(19)15-10-13-8-4-5-9-14(13)17(15)11-12-6-2-1-3-7-12/h12-15H,1-11H2,(H,18,19). The summed E-state index contributed by atoms with van der Waals surface area (Å²) in [5.41, 5.74) is 0. The van der Waals surface area contributed by atoms with Gasteiger partial charge in [-0.25, -0.2) is 0 Å². The van der Waals surface area contributed by atoms with Crippen LogP contribution < -0.4 is 0 Å². The van der Waals surface area contributed by atoms with Gasteiger partial charge in [0.25, 0.3) is 0 Å². The third-order valence-electron chi connectivity index (χ3n) is 5.70. The minimum absolute atomic E-state index is 0.185. The molecule has 0 aromatic carbocycles. The number of likely N-dealkylation sites (tertiary alicyclic amines) is 1. The zero-order valence-corrected chi connectivity index (χ0v) is 11.9. The maximum atomic E-state index is 11.6. The van der Waals surface area contributed by atoms with Gasteiger partial charge in [0.05, 0.1) is 0 Å². The van der Waals surface area contributed by atoms with E-state index in [4.69, 9.17) is 0 Å². The molecule has 3 atom stereocenters. The number of carboxylic acid groups (broad SMARTS) is 1. The number of carbonyl (C=O) groups is 1. The van der Waals surface area contributed by atoms with Crippen LogP contribution in [0.1, 0.15) is 64.2 Å². The summed E-state index contributed by atoms with van der Waals surface area (Å²) in [7, 11) is 0. The van der Waals surface area contributed by atoms with E-state index in [2.05, 4.69) is 4.90 Å². The Morgan fingerprint density at radius 3 is 2.42 bits per heavy atom. The van der Waals surface area contributed by atoms with Crippen molar-refractivity contribution in [2.75, 3.05) is 6.54 Å². The lowest BCUT2D eigenvalue weighted by Crippen LogP contribution is -2.45. The molecule has 0 aromatic heterocycles. The van der Waals surface area contributed by atoms with Crippen molar-refractivity contribution >= 4 is 5.97 Å². The van der Waals surface area contributed by atoms with E-state index < -0.39 is 5.97 Å². The Morgan fingerprint density at radius 1 is 1.00 bits per heavy atom. The highest BCUT2D eigenvalue weighted by atomic mass is 16.4. The number of hydrogen-bond donors (Lipinski definition) is 1. The fraction of sp³-hybridized carbons (Fsp3) is 0.938. The summed E-state index contributed by atoms with van der Waals surface area (Å²) >= 11 is 0. The molecule has 1 N–H and O–H groups in total. The maximum absolute atomic E-state index is 11.6. The van der Waals surface area contributed by atoms with Crippen LogP contribution in [0.25, 0.3) is 0 Å². The fourth-order valence-corrected chi connectivity index (χ4v) is 4.73. The quantitative estimate of drug-likeness (QED) is 0.851. The van der Waals surface area contributed by atoms with Crippen molar-refractivity contribution in [3.05, 3.63) is 0 Å². The molecular weight excluding hydrogens is 238 g/mol. The molecule has 3 unspecified atom stereocenters. The number of fused-ring (bicyclic) bond motifs is 1. The smallest absolute Gasteiger partial charge is 0.320 e. The van der Waals surface area contributed by atoms with Crippen molar-refractivity contribution in [1.82, 2.24) is 4.90 Å². The van der Waals surface area contributed by atoms with Crippen LogP contribution in [0, 0.1) is 11.8 Å². The lowest BCUT2D eigenvalue weighted by molar-refractivity contribution is -0.143. The zero-order valence-electron chi connectivity index (χ0n) is 11.9. The highest BCUT2D eigenvalue weighted by Crippen LogP contribution is 2.41. The average Bonchev–Trinajstić information content (AvgIpc) is 2.79. The van der Waals surface area contributed by atoms with Gasteiger partial charge in [0.15, 0.2) is 0 Å². The monoisotopic (exact) mass is 265 g/mol. The van der Waals surface area contributed by atoms with Gasteiger partial charge in [0.1, 0.15) is 6.04 Å². The van der Waals surface area contributed by atoms with E-state index in [9.17, 15) is 9.90 Å². The number of nitrogens with zero attached hydrogens (tertiary/aromatic N) is 1. The zero-order chi connectivity index (χ0) is 13.2. The SMILES string of the molecule is O=C(O)C1CC2CCCCC2N1CC1CCCCC1. The second-order valence-electron chi connectivity index (χ2n) is 6.90. The lowest BCUT2D eigenvalue weighted by Gasteiger charge is -2.36. The molecule has 0 amide bonds. The summed E-state index contributed by atoms with van der Waals surface area (Å²) in [4.78, 5) is 13.9. The van der Waals surface area contributed by atoms with Crippen LogP contribution in [0.2, 0.25) is 0 Å². The van der Waals surface area contributed by atoms with Gasteiger partial charge >= 0.3 is 5.97 Å². The molecule has 3 rings (SSSR count). The van der Waals surface area contributed by atoms with Crippen molar-refractivity contribution in [2.45, 2.75) is 76.3 Å². The van der Waals surface area contributed by atoms with Crippen LogP contribution in [0.3, 0.4) is 0 Å². The van der Waals surface area contributed by atoms with E-state index >= 15 is 0 Å². The molecule has 2 saturated carbocycles. The van der Waals surface area contributed by atoms with Crippen LogP contribution in [-0.2, 0) is 4.79 Å². The molecule has 1 heterocycles. The van der Waals surface area contributed by atoms with Crippen molar-refractivity contribution in [3.8, 4) is 0 Å². The van der Waals surface area contributed by atoms with Crippen molar-refractivity contribution < 1.29 is 9.90 Å². The summed E-state index contributed by atoms with van der Waals surface area (Å²) < 4.78 is 0. The molecule has 3 heteroatoms. The summed E-state index contributed by atoms with van der Waals surface area (Å²) in [5, 5.41) is 9.52. The first kappa shape index (κ1) is 13.4. The van der Waals surface area contributed by atoms with Gasteiger partial charge in [-0.2, -0.15) is 0 Å². The molecule has 0 radical (unpaired) electrons. The molecule has 0 aromatic rings. The van der Waals surface area contributed by atoms with Crippen LogP contribution >= 0.6 is 0 Å². The predicted octanol–water partition coefficient (Wildman–Crippen LogP) is 3.28. The van der Waals surface area contributed by atoms with Crippen molar-refractivity contribution in [1.29, 1.82) is 0 Å². The number of aliphatic carboxylic acids is 1. The molecule has 0 bridgehead atoms. The third-order valence-corrected chi connectivity index (χ3v) is 5.70. The van der Waals surface area contributed by atoms with E-state index in [1.54, 1.807) is 0 Å². The summed E-state index contributed by atoms with van der Waals surface area (Å²) in [6.07, 6.45) is 12.7. The van der Waals surface area contributed by atoms with Crippen molar-refractivity contribution in [2.24, 2.45) is 11.8 Å². The Balaban J connectivity index is 1.69. The molecule has 2 aliphatic carbocycles. The molecule has 1 aliphatic heterocycles. The molecule has 108 valence electrons. The molecular formula is C16H27NO2. The van der Waals surface area contributed by atoms with Gasteiger partial charge in [0, 0.05) is 12.6 Å². The van der Waals surface area contributed by atoms with Crippen molar-refractivity contribution in [3.63, 3.8) is 0 Å². The number of rotatable bonds is 3. The Morgan fingerprint density at radius 2 is 1.68 bits per heavy atom. The van der Waals surface area contributed by atoms with E-state index in [0.717, 1.165) is 18.9 Å². The number of hydrogen-bond acceptors (Lipinski definition) is 2. The Labute approximate surface area is 116 Å². The Hall–Kier alpha value is -0.570. The van der Waals surface area contributed by atoms with Crippen LogP contribution in [0.15, 0.2) is 0 Å². The Bertz CT molecular complexity index is 325. The summed E-state index contributed by atoms with van der Waals surface area (Å²) in [6.45, 7) is 1.05. The first-order chi connectivity index (χ1) is 9.25. The van der Waals surface area contributed by atoms with E-state index in [-0.39, 0.29) is 6.04 Å². The minimum atomic E-state index is -0.579. The highest BCUT2D eigenvalue weighted by Gasteiger charge is 2.45. The van der Waals surface area contributed by atoms with Gasteiger partial charge in [-0.05, 0) is 43.9 Å². The van der Waals surface area contributed by atoms with Crippen LogP contribution in [0.5, 0.6) is 0 Å². The van der Waals surface area contributed by atoms with Crippen LogP contribution in [-0.4, -0.2) is 34.6 Å². The molecule has 3 nitrogen and oxygen atoms in total. The topological polar surface area (TPSA) is 40.5 Å². The van der Waals surface area contributed by atoms with Crippen LogP contribution in [0.4, 0.5) is 0 Å². The predicted molar refractivity (Wildman–Crippen MR) is 75.1 cm³/mol. The van der Waals surface area contributed by atoms with Gasteiger partial charge in [0.2, 0.25) is 0 Å². The van der Waals surface area contributed by atoms with Gasteiger partial charge in [-0.3, -0.25) is 9.69 Å². The normalized spacial score (nSPS) is 37.2. The Kier molecular flexibility index (Phi) is 4.11. The lowest BCUT2D eigenvalue weighted by atomic mass is 9.84. The first-order valence-electron chi connectivity index (χ1n) is 8.24. The average molecular weight is 265 g/mol. The second kappa shape index (κ2) is 5.82. The fourth-order valence-electron chi connectivity index (χ4n) is 4.73. The largest absolute Gasteiger partial charge is 0.480 e. The summed E-state index contributed by atoms with van der Waals surface area (Å²) in [5.74, 6) is 0.847. The molecule has 1 saturated heterocycles.